The summed E-state index contributed by atoms with van der Waals surface area (Å²) in [5.74, 6) is 1.88. The molecule has 0 amide bonds. The van der Waals surface area contributed by atoms with Crippen LogP contribution in [0.1, 0.15) is 59.3 Å². The summed E-state index contributed by atoms with van der Waals surface area (Å²) in [4.78, 5) is 0. The van der Waals surface area contributed by atoms with Gasteiger partial charge in [0.2, 0.25) is 0 Å². The molecule has 3 unspecified atom stereocenters. The fourth-order valence-electron chi connectivity index (χ4n) is 5.81. The molecule has 3 rings (SSSR count). The van der Waals surface area contributed by atoms with Crippen LogP contribution in [-0.2, 0) is 4.74 Å². The van der Waals surface area contributed by atoms with Gasteiger partial charge in [0.05, 0.1) is 12.2 Å². The SMILES string of the molecule is COC1CCCC(O)C1[C@H]1C[C@@H]2CC[C@@]1(C)C2(C)C. The molecule has 0 saturated heterocycles. The number of rotatable bonds is 2. The van der Waals surface area contributed by atoms with Gasteiger partial charge in [0, 0.05) is 13.0 Å². The molecule has 0 aromatic heterocycles. The van der Waals surface area contributed by atoms with Crippen molar-refractivity contribution in [1.82, 2.24) is 0 Å². The van der Waals surface area contributed by atoms with Gasteiger partial charge in [-0.2, -0.15) is 0 Å². The first-order valence-electron chi connectivity index (χ1n) is 8.12. The Morgan fingerprint density at radius 1 is 1.11 bits per heavy atom. The number of methoxy groups -OCH3 is 1. The molecule has 0 radical (unpaired) electrons. The van der Waals surface area contributed by atoms with Gasteiger partial charge in [0.15, 0.2) is 0 Å². The first-order valence-corrected chi connectivity index (χ1v) is 8.12. The van der Waals surface area contributed by atoms with Crippen molar-refractivity contribution in [2.75, 3.05) is 7.11 Å². The third-order valence-corrected chi connectivity index (χ3v) is 7.49. The van der Waals surface area contributed by atoms with Crippen molar-refractivity contribution < 1.29 is 9.84 Å². The maximum absolute atomic E-state index is 10.6. The van der Waals surface area contributed by atoms with Crippen molar-refractivity contribution in [3.05, 3.63) is 0 Å². The molecule has 3 fully saturated rings. The van der Waals surface area contributed by atoms with Gasteiger partial charge in [-0.25, -0.2) is 0 Å². The second kappa shape index (κ2) is 4.46. The lowest BCUT2D eigenvalue weighted by molar-refractivity contribution is -0.0998. The monoisotopic (exact) mass is 266 g/mol. The molecule has 2 heteroatoms. The molecule has 1 N–H and O–H groups in total. The Morgan fingerprint density at radius 2 is 1.84 bits per heavy atom. The fourth-order valence-corrected chi connectivity index (χ4v) is 5.81. The normalized spacial score (nSPS) is 52.6. The molecule has 19 heavy (non-hydrogen) atoms. The van der Waals surface area contributed by atoms with Crippen LogP contribution in [0.4, 0.5) is 0 Å². The Morgan fingerprint density at radius 3 is 2.37 bits per heavy atom. The molecule has 2 nitrogen and oxygen atoms in total. The van der Waals surface area contributed by atoms with Crippen molar-refractivity contribution in [2.24, 2.45) is 28.6 Å². The highest BCUT2D eigenvalue weighted by Gasteiger charge is 2.64. The van der Waals surface area contributed by atoms with Crippen molar-refractivity contribution in [2.45, 2.75) is 71.5 Å². The van der Waals surface area contributed by atoms with E-state index >= 15 is 0 Å². The molecule has 3 aliphatic rings. The first kappa shape index (κ1) is 13.9. The number of aliphatic hydroxyl groups is 1. The van der Waals surface area contributed by atoms with E-state index < -0.39 is 0 Å². The summed E-state index contributed by atoms with van der Waals surface area (Å²) in [6.07, 6.45) is 7.40. The summed E-state index contributed by atoms with van der Waals surface area (Å²) in [7, 11) is 1.83. The van der Waals surface area contributed by atoms with E-state index in [0.29, 0.717) is 22.7 Å². The summed E-state index contributed by atoms with van der Waals surface area (Å²) in [5.41, 5.74) is 0.838. The minimum absolute atomic E-state index is 0.143. The van der Waals surface area contributed by atoms with Gasteiger partial charge in [-0.3, -0.25) is 0 Å². The Hall–Kier alpha value is -0.0800. The predicted octanol–water partition coefficient (Wildman–Crippen LogP) is 3.62. The van der Waals surface area contributed by atoms with Crippen molar-refractivity contribution in [3.63, 3.8) is 0 Å². The van der Waals surface area contributed by atoms with Gasteiger partial charge >= 0.3 is 0 Å². The lowest BCUT2D eigenvalue weighted by atomic mass is 9.60. The minimum atomic E-state index is -0.143. The van der Waals surface area contributed by atoms with Crippen LogP contribution in [0.3, 0.4) is 0 Å². The molecule has 110 valence electrons. The summed E-state index contributed by atoms with van der Waals surface area (Å²) >= 11 is 0. The molecule has 3 aliphatic carbocycles. The van der Waals surface area contributed by atoms with Crippen LogP contribution in [0.15, 0.2) is 0 Å². The summed E-state index contributed by atoms with van der Waals surface area (Å²) in [6.45, 7) is 7.40. The first-order chi connectivity index (χ1) is 8.91. The smallest absolute Gasteiger partial charge is 0.0627 e. The largest absolute Gasteiger partial charge is 0.393 e. The van der Waals surface area contributed by atoms with Crippen molar-refractivity contribution in [1.29, 1.82) is 0 Å². The standard InChI is InChI=1S/C17H30O2/c1-16(2)11-8-9-17(16,3)12(10-11)15-13(18)6-5-7-14(15)19-4/h11-15,18H,5-10H2,1-4H3/t11-,12+,13?,14?,15?,17+/m0/s1. The molecule has 0 aromatic rings. The molecule has 0 aromatic carbocycles. The van der Waals surface area contributed by atoms with E-state index in [9.17, 15) is 5.11 Å². The van der Waals surface area contributed by atoms with Crippen LogP contribution in [0.25, 0.3) is 0 Å². The van der Waals surface area contributed by atoms with Gasteiger partial charge < -0.3 is 9.84 Å². The molecule has 6 atom stereocenters. The Kier molecular flexibility index (Phi) is 3.26. The highest BCUT2D eigenvalue weighted by molar-refractivity contribution is 5.13. The highest BCUT2D eigenvalue weighted by Crippen LogP contribution is 2.70. The Labute approximate surface area is 117 Å². The minimum Gasteiger partial charge on any atom is -0.393 e. The van der Waals surface area contributed by atoms with Gasteiger partial charge in [-0.05, 0) is 61.2 Å². The van der Waals surface area contributed by atoms with E-state index in [1.807, 2.05) is 7.11 Å². The number of aliphatic hydroxyl groups excluding tert-OH is 1. The van der Waals surface area contributed by atoms with E-state index in [4.69, 9.17) is 4.74 Å². The lowest BCUT2D eigenvalue weighted by Gasteiger charge is -2.47. The van der Waals surface area contributed by atoms with Crippen molar-refractivity contribution >= 4 is 0 Å². The molecular formula is C17H30O2. The van der Waals surface area contributed by atoms with E-state index in [0.717, 1.165) is 25.2 Å². The summed E-state index contributed by atoms with van der Waals surface area (Å²) in [5, 5.41) is 10.6. The molecule has 2 bridgehead atoms. The van der Waals surface area contributed by atoms with Crippen LogP contribution in [0.5, 0.6) is 0 Å². The summed E-state index contributed by atoms with van der Waals surface area (Å²) < 4.78 is 5.75. The van der Waals surface area contributed by atoms with Crippen LogP contribution in [-0.4, -0.2) is 24.4 Å². The van der Waals surface area contributed by atoms with E-state index in [1.54, 1.807) is 0 Å². The van der Waals surface area contributed by atoms with Gasteiger partial charge in [-0.15, -0.1) is 0 Å². The zero-order valence-corrected chi connectivity index (χ0v) is 13.0. The van der Waals surface area contributed by atoms with Crippen LogP contribution >= 0.6 is 0 Å². The van der Waals surface area contributed by atoms with Gasteiger partial charge in [0.1, 0.15) is 0 Å². The topological polar surface area (TPSA) is 29.5 Å². The number of hydrogen-bond donors (Lipinski definition) is 1. The molecular weight excluding hydrogens is 236 g/mol. The number of fused-ring (bicyclic) bond motifs is 2. The van der Waals surface area contributed by atoms with Crippen LogP contribution in [0, 0.1) is 28.6 Å². The van der Waals surface area contributed by atoms with Crippen LogP contribution < -0.4 is 0 Å². The molecule has 0 spiro atoms. The van der Waals surface area contributed by atoms with Crippen LogP contribution in [0.2, 0.25) is 0 Å². The third-order valence-electron chi connectivity index (χ3n) is 7.49. The maximum Gasteiger partial charge on any atom is 0.0627 e. The van der Waals surface area contributed by atoms with E-state index in [-0.39, 0.29) is 12.2 Å². The fraction of sp³-hybridized carbons (Fsp3) is 1.00. The zero-order chi connectivity index (χ0) is 13.8. The highest BCUT2D eigenvalue weighted by atomic mass is 16.5. The quantitative estimate of drug-likeness (QED) is 0.827. The Balaban J connectivity index is 1.90. The third kappa shape index (κ3) is 1.75. The van der Waals surface area contributed by atoms with Gasteiger partial charge in [-0.1, -0.05) is 20.8 Å². The van der Waals surface area contributed by atoms with Gasteiger partial charge in [0.25, 0.3) is 0 Å². The second-order valence-corrected chi connectivity index (χ2v) is 8.07. The van der Waals surface area contributed by atoms with E-state index in [1.165, 1.54) is 19.3 Å². The second-order valence-electron chi connectivity index (χ2n) is 8.07. The molecule has 0 heterocycles. The predicted molar refractivity (Wildman–Crippen MR) is 76.9 cm³/mol. The summed E-state index contributed by atoms with van der Waals surface area (Å²) in [6, 6.07) is 0. The molecule has 3 saturated carbocycles. The Bertz CT molecular complexity index is 351. The zero-order valence-electron chi connectivity index (χ0n) is 13.0. The average Bonchev–Trinajstić information content (AvgIpc) is 2.71. The van der Waals surface area contributed by atoms with Crippen molar-refractivity contribution in [3.8, 4) is 0 Å². The maximum atomic E-state index is 10.6. The number of hydrogen-bond acceptors (Lipinski definition) is 2. The lowest BCUT2D eigenvalue weighted by Crippen LogP contribution is -2.47. The molecule has 0 aliphatic heterocycles. The number of ether oxygens (including phenoxy) is 1. The average molecular weight is 266 g/mol. The van der Waals surface area contributed by atoms with E-state index in [2.05, 4.69) is 20.8 Å².